The summed E-state index contributed by atoms with van der Waals surface area (Å²) in [6.07, 6.45) is 3.61. The molecule has 10 heteroatoms. The number of H-pyrrole nitrogens is 1. The molecule has 0 unspecified atom stereocenters. The molecule has 1 saturated carbocycles. The Hall–Kier alpha value is -3.95. The Kier molecular flexibility index (Phi) is 3.90. The maximum absolute atomic E-state index is 12.7. The highest BCUT2D eigenvalue weighted by Gasteiger charge is 2.29. The van der Waals surface area contributed by atoms with E-state index < -0.39 is 5.91 Å². The number of hydrogen-bond acceptors (Lipinski definition) is 7. The van der Waals surface area contributed by atoms with E-state index in [1.54, 1.807) is 31.2 Å². The molecule has 1 aliphatic rings. The minimum Gasteiger partial charge on any atom is -0.463 e. The second-order valence-electron chi connectivity index (χ2n) is 6.86. The second-order valence-corrected chi connectivity index (χ2v) is 6.86. The standard InChI is InChI=1S/C19H16N6O4/c1-10-7-17(26)22-19(20-10)25-16(9-12(23-25)14-3-2-6-28-14)21-18(27)13-8-15(29-24-13)11-4-5-11/h2-3,6-9,11H,4-5H2,1H3,(H,21,27)(H,20,22,26). The molecule has 2 N–H and O–H groups in total. The van der Waals surface area contributed by atoms with Crippen LogP contribution in [0.25, 0.3) is 17.4 Å². The van der Waals surface area contributed by atoms with Crippen LogP contribution >= 0.6 is 0 Å². The normalized spacial score (nSPS) is 13.6. The van der Waals surface area contributed by atoms with Gasteiger partial charge in [0.1, 0.15) is 17.3 Å². The molecule has 146 valence electrons. The van der Waals surface area contributed by atoms with Gasteiger partial charge in [-0.05, 0) is 31.9 Å². The van der Waals surface area contributed by atoms with Crippen molar-refractivity contribution >= 4 is 11.7 Å². The molecule has 0 radical (unpaired) electrons. The average Bonchev–Trinajstić information content (AvgIpc) is 3.12. The van der Waals surface area contributed by atoms with Gasteiger partial charge in [0.05, 0.1) is 6.26 Å². The lowest BCUT2D eigenvalue weighted by atomic mass is 10.3. The van der Waals surface area contributed by atoms with Crippen molar-refractivity contribution < 1.29 is 13.7 Å². The lowest BCUT2D eigenvalue weighted by Gasteiger charge is -2.07. The zero-order valence-corrected chi connectivity index (χ0v) is 15.4. The van der Waals surface area contributed by atoms with Crippen molar-refractivity contribution in [1.82, 2.24) is 24.9 Å². The van der Waals surface area contributed by atoms with Gasteiger partial charge >= 0.3 is 0 Å². The summed E-state index contributed by atoms with van der Waals surface area (Å²) in [6.45, 7) is 1.70. The third kappa shape index (κ3) is 3.35. The summed E-state index contributed by atoms with van der Waals surface area (Å²) in [7, 11) is 0. The molecule has 0 aliphatic heterocycles. The van der Waals surface area contributed by atoms with E-state index in [2.05, 4.69) is 25.5 Å². The molecule has 0 aromatic carbocycles. The molecule has 0 atom stereocenters. The van der Waals surface area contributed by atoms with Gasteiger partial charge in [0.25, 0.3) is 11.5 Å². The summed E-state index contributed by atoms with van der Waals surface area (Å²) in [4.78, 5) is 31.5. The third-order valence-corrected chi connectivity index (χ3v) is 4.52. The summed E-state index contributed by atoms with van der Waals surface area (Å²) < 4.78 is 12.0. The number of amides is 1. The van der Waals surface area contributed by atoms with E-state index in [1.165, 1.54) is 17.0 Å². The molecule has 4 aromatic rings. The lowest BCUT2D eigenvalue weighted by Crippen LogP contribution is -2.19. The van der Waals surface area contributed by atoms with E-state index in [0.29, 0.717) is 34.6 Å². The summed E-state index contributed by atoms with van der Waals surface area (Å²) in [5.41, 5.74) is 0.824. The first-order valence-electron chi connectivity index (χ1n) is 9.07. The summed E-state index contributed by atoms with van der Waals surface area (Å²) in [5, 5.41) is 11.0. The van der Waals surface area contributed by atoms with Crippen molar-refractivity contribution in [2.24, 2.45) is 0 Å². The highest BCUT2D eigenvalue weighted by atomic mass is 16.5. The fourth-order valence-electron chi connectivity index (χ4n) is 2.98. The van der Waals surface area contributed by atoms with Gasteiger partial charge in [-0.25, -0.2) is 4.98 Å². The molecule has 10 nitrogen and oxygen atoms in total. The highest BCUT2D eigenvalue weighted by Crippen LogP contribution is 2.40. The number of nitrogens with one attached hydrogen (secondary N) is 2. The van der Waals surface area contributed by atoms with E-state index in [4.69, 9.17) is 8.94 Å². The number of aromatic nitrogens is 5. The molecule has 1 fully saturated rings. The minimum absolute atomic E-state index is 0.168. The van der Waals surface area contributed by atoms with Crippen molar-refractivity contribution in [3.05, 3.63) is 64.1 Å². The van der Waals surface area contributed by atoms with Crippen LogP contribution in [0.1, 0.15) is 40.7 Å². The molecular formula is C19H16N6O4. The van der Waals surface area contributed by atoms with Gasteiger partial charge in [-0.3, -0.25) is 14.6 Å². The SMILES string of the molecule is Cc1cc(=O)[nH]c(-n2nc(-c3ccco3)cc2NC(=O)c2cc(C3CC3)on2)n1. The van der Waals surface area contributed by atoms with Crippen LogP contribution in [-0.4, -0.2) is 30.8 Å². The van der Waals surface area contributed by atoms with Crippen LogP contribution < -0.4 is 10.9 Å². The fourth-order valence-corrected chi connectivity index (χ4v) is 2.98. The van der Waals surface area contributed by atoms with E-state index >= 15 is 0 Å². The average molecular weight is 392 g/mol. The summed E-state index contributed by atoms with van der Waals surface area (Å²) in [5.74, 6) is 1.58. The third-order valence-electron chi connectivity index (χ3n) is 4.52. The number of furan rings is 1. The van der Waals surface area contributed by atoms with E-state index in [-0.39, 0.29) is 17.2 Å². The van der Waals surface area contributed by atoms with Crippen molar-refractivity contribution in [2.45, 2.75) is 25.7 Å². The van der Waals surface area contributed by atoms with E-state index in [0.717, 1.165) is 12.8 Å². The van der Waals surface area contributed by atoms with Crippen LogP contribution in [0.5, 0.6) is 0 Å². The Morgan fingerprint density at radius 1 is 1.31 bits per heavy atom. The van der Waals surface area contributed by atoms with Crippen LogP contribution in [-0.2, 0) is 0 Å². The number of hydrogen-bond donors (Lipinski definition) is 2. The lowest BCUT2D eigenvalue weighted by molar-refractivity contribution is 0.101. The maximum Gasteiger partial charge on any atom is 0.279 e. The Bertz CT molecular complexity index is 1250. The van der Waals surface area contributed by atoms with Crippen molar-refractivity contribution in [2.75, 3.05) is 5.32 Å². The first-order valence-corrected chi connectivity index (χ1v) is 9.07. The predicted molar refractivity (Wildman–Crippen MR) is 101 cm³/mol. The molecule has 4 aromatic heterocycles. The number of aryl methyl sites for hydroxylation is 1. The zero-order valence-electron chi connectivity index (χ0n) is 15.4. The Morgan fingerprint density at radius 3 is 2.90 bits per heavy atom. The number of aromatic amines is 1. The van der Waals surface area contributed by atoms with Crippen LogP contribution in [0, 0.1) is 6.92 Å². The van der Waals surface area contributed by atoms with Crippen LogP contribution in [0.3, 0.4) is 0 Å². The number of carbonyl (C=O) groups excluding carboxylic acids is 1. The van der Waals surface area contributed by atoms with Crippen molar-refractivity contribution in [3.63, 3.8) is 0 Å². The largest absolute Gasteiger partial charge is 0.463 e. The molecule has 29 heavy (non-hydrogen) atoms. The van der Waals surface area contributed by atoms with Crippen LogP contribution in [0.4, 0.5) is 5.82 Å². The predicted octanol–water partition coefficient (Wildman–Crippen LogP) is 2.64. The van der Waals surface area contributed by atoms with E-state index in [1.807, 2.05) is 0 Å². The molecular weight excluding hydrogens is 376 g/mol. The number of nitrogens with zero attached hydrogens (tertiary/aromatic N) is 4. The highest BCUT2D eigenvalue weighted by molar-refractivity contribution is 6.02. The smallest absolute Gasteiger partial charge is 0.279 e. The molecule has 0 saturated heterocycles. The van der Waals surface area contributed by atoms with Gasteiger partial charge in [0.15, 0.2) is 11.5 Å². The Morgan fingerprint density at radius 2 is 2.17 bits per heavy atom. The summed E-state index contributed by atoms with van der Waals surface area (Å²) in [6, 6.07) is 8.11. The maximum atomic E-state index is 12.7. The molecule has 4 heterocycles. The Balaban J connectivity index is 1.53. The topological polar surface area (TPSA) is 132 Å². The van der Waals surface area contributed by atoms with Gasteiger partial charge in [-0.1, -0.05) is 5.16 Å². The summed E-state index contributed by atoms with van der Waals surface area (Å²) >= 11 is 0. The van der Waals surface area contributed by atoms with Gasteiger partial charge in [-0.2, -0.15) is 9.78 Å². The number of rotatable bonds is 5. The number of carbonyl (C=O) groups is 1. The second kappa shape index (κ2) is 6.59. The monoisotopic (exact) mass is 392 g/mol. The van der Waals surface area contributed by atoms with Crippen LogP contribution in [0.15, 0.2) is 50.3 Å². The molecule has 0 bridgehead atoms. The fraction of sp³-hybridized carbons (Fsp3) is 0.211. The van der Waals surface area contributed by atoms with Crippen LogP contribution in [0.2, 0.25) is 0 Å². The zero-order chi connectivity index (χ0) is 20.0. The first-order chi connectivity index (χ1) is 14.1. The minimum atomic E-state index is -0.456. The Labute approximate surface area is 163 Å². The van der Waals surface area contributed by atoms with Gasteiger partial charge in [0.2, 0.25) is 5.95 Å². The quantitative estimate of drug-likeness (QED) is 0.533. The molecule has 1 aliphatic carbocycles. The van der Waals surface area contributed by atoms with Gasteiger partial charge in [-0.15, -0.1) is 0 Å². The van der Waals surface area contributed by atoms with Crippen molar-refractivity contribution in [3.8, 4) is 17.4 Å². The first kappa shape index (κ1) is 17.2. The van der Waals surface area contributed by atoms with Gasteiger partial charge < -0.3 is 14.3 Å². The molecule has 0 spiro atoms. The van der Waals surface area contributed by atoms with Crippen molar-refractivity contribution in [1.29, 1.82) is 0 Å². The molecule has 5 rings (SSSR count). The molecule has 1 amide bonds. The van der Waals surface area contributed by atoms with E-state index in [9.17, 15) is 9.59 Å². The van der Waals surface area contributed by atoms with Gasteiger partial charge in [0, 0.05) is 29.8 Å². The number of anilines is 1.